The Morgan fingerprint density at radius 3 is 2.36 bits per heavy atom. The molecule has 0 aliphatic rings. The smallest absolute Gasteiger partial charge is 0.389 e. The number of Topliss-reactive ketones (excluding diaryl/α,β-unsaturated/α-hetero) is 1. The SMILES string of the molecule is CC(N)(CCC(=O)c1cnc2c(OCc3c(F)cccc3F)cccc2c1)CCC(F)(F)F. The van der Waals surface area contributed by atoms with Crippen LogP contribution in [0.15, 0.2) is 48.7 Å². The predicted molar refractivity (Wildman–Crippen MR) is 114 cm³/mol. The molecule has 0 radical (unpaired) electrons. The maximum atomic E-state index is 13.8. The van der Waals surface area contributed by atoms with Crippen molar-refractivity contribution in [3.8, 4) is 5.75 Å². The third-order valence-electron chi connectivity index (χ3n) is 5.33. The van der Waals surface area contributed by atoms with E-state index in [0.717, 1.165) is 12.1 Å². The van der Waals surface area contributed by atoms with Gasteiger partial charge in [0.2, 0.25) is 0 Å². The van der Waals surface area contributed by atoms with E-state index >= 15 is 0 Å². The minimum Gasteiger partial charge on any atom is -0.486 e. The Labute approximate surface area is 187 Å². The highest BCUT2D eigenvalue weighted by Gasteiger charge is 2.31. The molecule has 1 aromatic heterocycles. The monoisotopic (exact) mass is 466 g/mol. The maximum absolute atomic E-state index is 13.8. The van der Waals surface area contributed by atoms with E-state index in [1.807, 2.05) is 0 Å². The van der Waals surface area contributed by atoms with Gasteiger partial charge in [0.15, 0.2) is 5.78 Å². The lowest BCUT2D eigenvalue weighted by atomic mass is 9.89. The molecule has 2 N–H and O–H groups in total. The van der Waals surface area contributed by atoms with Crippen LogP contribution in [-0.4, -0.2) is 22.5 Å². The van der Waals surface area contributed by atoms with Gasteiger partial charge in [-0.3, -0.25) is 9.78 Å². The van der Waals surface area contributed by atoms with Crippen LogP contribution in [0.4, 0.5) is 22.0 Å². The Morgan fingerprint density at radius 1 is 1.03 bits per heavy atom. The lowest BCUT2D eigenvalue weighted by Gasteiger charge is -2.24. The fourth-order valence-corrected chi connectivity index (χ4v) is 3.32. The number of hydrogen-bond donors (Lipinski definition) is 1. The molecule has 4 nitrogen and oxygen atoms in total. The second kappa shape index (κ2) is 9.82. The summed E-state index contributed by atoms with van der Waals surface area (Å²) in [5.41, 5.74) is 5.27. The molecule has 176 valence electrons. The first-order valence-corrected chi connectivity index (χ1v) is 10.3. The van der Waals surface area contributed by atoms with Gasteiger partial charge in [-0.2, -0.15) is 13.2 Å². The van der Waals surface area contributed by atoms with Gasteiger partial charge in [0, 0.05) is 35.5 Å². The largest absolute Gasteiger partial charge is 0.486 e. The summed E-state index contributed by atoms with van der Waals surface area (Å²) >= 11 is 0. The third-order valence-corrected chi connectivity index (χ3v) is 5.33. The third kappa shape index (κ3) is 6.71. The molecular formula is C24H23F5N2O2. The number of benzene rings is 2. The number of para-hydroxylation sites is 1. The summed E-state index contributed by atoms with van der Waals surface area (Å²) in [6.45, 7) is 1.15. The van der Waals surface area contributed by atoms with Crippen molar-refractivity contribution in [1.82, 2.24) is 4.98 Å². The van der Waals surface area contributed by atoms with Crippen molar-refractivity contribution in [1.29, 1.82) is 0 Å². The number of ether oxygens (including phenoxy) is 1. The molecule has 3 aromatic rings. The van der Waals surface area contributed by atoms with Crippen LogP contribution in [0, 0.1) is 11.6 Å². The van der Waals surface area contributed by atoms with Crippen LogP contribution in [0.3, 0.4) is 0 Å². The summed E-state index contributed by atoms with van der Waals surface area (Å²) in [4.78, 5) is 16.8. The highest BCUT2D eigenvalue weighted by molar-refractivity contribution is 5.99. The summed E-state index contributed by atoms with van der Waals surface area (Å²) in [5, 5.41) is 0.569. The second-order valence-corrected chi connectivity index (χ2v) is 8.23. The van der Waals surface area contributed by atoms with Gasteiger partial charge >= 0.3 is 6.18 Å². The zero-order chi connectivity index (χ0) is 24.2. The number of rotatable bonds is 9. The number of nitrogens with two attached hydrogens (primary N) is 1. The second-order valence-electron chi connectivity index (χ2n) is 8.23. The van der Waals surface area contributed by atoms with Crippen molar-refractivity contribution >= 4 is 16.7 Å². The number of hydrogen-bond acceptors (Lipinski definition) is 4. The zero-order valence-electron chi connectivity index (χ0n) is 17.9. The van der Waals surface area contributed by atoms with Gasteiger partial charge in [-0.05, 0) is 44.0 Å². The number of alkyl halides is 3. The number of fused-ring (bicyclic) bond motifs is 1. The van der Waals surface area contributed by atoms with E-state index in [1.165, 1.54) is 19.2 Å². The quantitative estimate of drug-likeness (QED) is 0.305. The highest BCUT2D eigenvalue weighted by atomic mass is 19.4. The van der Waals surface area contributed by atoms with Crippen molar-refractivity contribution in [2.24, 2.45) is 5.73 Å². The van der Waals surface area contributed by atoms with E-state index in [2.05, 4.69) is 4.98 Å². The number of carbonyl (C=O) groups is 1. The van der Waals surface area contributed by atoms with E-state index in [9.17, 15) is 26.7 Å². The van der Waals surface area contributed by atoms with Gasteiger partial charge in [0.25, 0.3) is 0 Å². The van der Waals surface area contributed by atoms with Crippen LogP contribution in [0.2, 0.25) is 0 Å². The van der Waals surface area contributed by atoms with Crippen LogP contribution < -0.4 is 10.5 Å². The number of halogens is 5. The molecule has 1 heterocycles. The van der Waals surface area contributed by atoms with Crippen LogP contribution in [0.5, 0.6) is 5.75 Å². The molecule has 33 heavy (non-hydrogen) atoms. The van der Waals surface area contributed by atoms with Crippen molar-refractivity contribution in [3.63, 3.8) is 0 Å². The molecule has 0 aliphatic carbocycles. The highest BCUT2D eigenvalue weighted by Crippen LogP contribution is 2.29. The normalized spacial score (nSPS) is 13.7. The Hall–Kier alpha value is -3.07. The molecule has 9 heteroatoms. The van der Waals surface area contributed by atoms with E-state index in [1.54, 1.807) is 24.3 Å². The number of carbonyl (C=O) groups excluding carboxylic acids is 1. The summed E-state index contributed by atoms with van der Waals surface area (Å²) < 4.78 is 70.6. The topological polar surface area (TPSA) is 65.2 Å². The van der Waals surface area contributed by atoms with E-state index in [-0.39, 0.29) is 48.5 Å². The first-order valence-electron chi connectivity index (χ1n) is 10.3. The van der Waals surface area contributed by atoms with Gasteiger partial charge in [0.1, 0.15) is 29.5 Å². The first-order chi connectivity index (χ1) is 15.5. The average molecular weight is 466 g/mol. The molecule has 1 unspecified atom stereocenters. The molecule has 0 fully saturated rings. The Bertz CT molecular complexity index is 1130. The molecule has 0 saturated heterocycles. The molecule has 0 spiro atoms. The molecule has 0 bridgehead atoms. The molecule has 0 amide bonds. The molecular weight excluding hydrogens is 443 g/mol. The maximum Gasteiger partial charge on any atom is 0.389 e. The van der Waals surface area contributed by atoms with Crippen LogP contribution in [0.1, 0.15) is 48.5 Å². The van der Waals surface area contributed by atoms with Crippen molar-refractivity contribution in [2.45, 2.75) is 50.9 Å². The minimum atomic E-state index is -4.30. The van der Waals surface area contributed by atoms with E-state index in [4.69, 9.17) is 10.5 Å². The molecule has 1 atom stereocenters. The lowest BCUT2D eigenvalue weighted by Crippen LogP contribution is -2.37. The van der Waals surface area contributed by atoms with Gasteiger partial charge in [-0.25, -0.2) is 8.78 Å². The predicted octanol–water partition coefficient (Wildman–Crippen LogP) is 6.11. The van der Waals surface area contributed by atoms with Gasteiger partial charge in [-0.15, -0.1) is 0 Å². The molecule has 0 saturated carbocycles. The Balaban J connectivity index is 1.69. The first kappa shape index (κ1) is 24.6. The summed E-state index contributed by atoms with van der Waals surface area (Å²) in [5.74, 6) is -1.46. The van der Waals surface area contributed by atoms with E-state index < -0.39 is 29.8 Å². The van der Waals surface area contributed by atoms with Gasteiger partial charge in [0.05, 0.1) is 5.56 Å². The van der Waals surface area contributed by atoms with E-state index in [0.29, 0.717) is 10.9 Å². The number of aromatic nitrogens is 1. The average Bonchev–Trinajstić information content (AvgIpc) is 2.75. The zero-order valence-corrected chi connectivity index (χ0v) is 17.9. The summed E-state index contributed by atoms with van der Waals surface area (Å²) in [6.07, 6.45) is -4.18. The van der Waals surface area contributed by atoms with Crippen LogP contribution in [-0.2, 0) is 6.61 Å². The minimum absolute atomic E-state index is 0.0270. The summed E-state index contributed by atoms with van der Waals surface area (Å²) in [6, 6.07) is 10.1. The van der Waals surface area contributed by atoms with Crippen molar-refractivity contribution < 1.29 is 31.5 Å². The number of ketones is 1. The van der Waals surface area contributed by atoms with Crippen LogP contribution >= 0.6 is 0 Å². The van der Waals surface area contributed by atoms with Gasteiger partial charge < -0.3 is 10.5 Å². The fourth-order valence-electron chi connectivity index (χ4n) is 3.32. The molecule has 0 aliphatic heterocycles. The number of nitrogens with zero attached hydrogens (tertiary/aromatic N) is 1. The van der Waals surface area contributed by atoms with Crippen molar-refractivity contribution in [3.05, 3.63) is 71.4 Å². The van der Waals surface area contributed by atoms with Gasteiger partial charge in [-0.1, -0.05) is 18.2 Å². The summed E-state index contributed by atoms with van der Waals surface area (Å²) in [7, 11) is 0. The lowest BCUT2D eigenvalue weighted by molar-refractivity contribution is -0.138. The van der Waals surface area contributed by atoms with Crippen LogP contribution in [0.25, 0.3) is 10.9 Å². The molecule has 2 aromatic carbocycles. The Morgan fingerprint density at radius 2 is 1.70 bits per heavy atom. The fraction of sp³-hybridized carbons (Fsp3) is 0.333. The number of pyridine rings is 1. The standard InChI is InChI=1S/C24H23F5N2O2/c1-23(30,10-11-24(27,28)29)9-8-20(32)16-12-15-4-2-7-21(22(15)31-13-16)33-14-17-18(25)5-3-6-19(17)26/h2-7,12-13H,8-11,14,30H2,1H3. The van der Waals surface area contributed by atoms with Crippen molar-refractivity contribution in [2.75, 3.05) is 0 Å². The molecule has 3 rings (SSSR count). The Kier molecular flexibility index (Phi) is 7.31.